The number of hydrogen-bond donors (Lipinski definition) is 2. The summed E-state index contributed by atoms with van der Waals surface area (Å²) in [6.45, 7) is 3.53. The van der Waals surface area contributed by atoms with Gasteiger partial charge >= 0.3 is 6.03 Å². The van der Waals surface area contributed by atoms with Gasteiger partial charge in [-0.3, -0.25) is 0 Å². The molecule has 0 spiro atoms. The molecule has 0 bridgehead atoms. The van der Waals surface area contributed by atoms with Gasteiger partial charge in [-0.2, -0.15) is 0 Å². The van der Waals surface area contributed by atoms with Gasteiger partial charge in [0.15, 0.2) is 11.5 Å². The Bertz CT molecular complexity index is 519. The van der Waals surface area contributed by atoms with Crippen LogP contribution in [0.3, 0.4) is 0 Å². The lowest BCUT2D eigenvalue weighted by atomic mass is 9.92. The van der Waals surface area contributed by atoms with Gasteiger partial charge in [-0.25, -0.2) is 4.79 Å². The van der Waals surface area contributed by atoms with Gasteiger partial charge in [0.1, 0.15) is 0 Å². The summed E-state index contributed by atoms with van der Waals surface area (Å²) in [6.07, 6.45) is 0.781. The van der Waals surface area contributed by atoms with Gasteiger partial charge in [0.2, 0.25) is 0 Å². The van der Waals surface area contributed by atoms with Gasteiger partial charge in [0.25, 0.3) is 0 Å². The topological polar surface area (TPSA) is 76.8 Å². The lowest BCUT2D eigenvalue weighted by Gasteiger charge is -2.37. The second kappa shape index (κ2) is 6.67. The van der Waals surface area contributed by atoms with E-state index in [1.165, 1.54) is 0 Å². The molecular formula is C15H23N3O3. The quantitative estimate of drug-likeness (QED) is 0.877. The molecule has 0 aliphatic carbocycles. The average Bonchev–Trinajstić information content (AvgIpc) is 2.52. The number of amides is 2. The first kappa shape index (κ1) is 15.4. The van der Waals surface area contributed by atoms with Crippen LogP contribution in [0.4, 0.5) is 4.79 Å². The summed E-state index contributed by atoms with van der Waals surface area (Å²) in [4.78, 5) is 13.9. The smallest absolute Gasteiger partial charge is 0.317 e. The number of hydrogen-bond acceptors (Lipinski definition) is 4. The average molecular weight is 293 g/mol. The molecule has 1 aliphatic heterocycles. The zero-order valence-electron chi connectivity index (χ0n) is 12.8. The van der Waals surface area contributed by atoms with E-state index in [-0.39, 0.29) is 12.1 Å². The predicted molar refractivity (Wildman–Crippen MR) is 80.8 cm³/mol. The van der Waals surface area contributed by atoms with Crippen LogP contribution in [0.1, 0.15) is 24.1 Å². The molecule has 0 saturated carbocycles. The second-order valence-electron chi connectivity index (χ2n) is 4.94. The molecule has 2 amide bonds. The molecule has 0 fully saturated rings. The Balaban J connectivity index is 2.39. The van der Waals surface area contributed by atoms with Crippen molar-refractivity contribution in [3.05, 3.63) is 23.3 Å². The van der Waals surface area contributed by atoms with Gasteiger partial charge in [-0.1, -0.05) is 0 Å². The first-order chi connectivity index (χ1) is 10.2. The number of carbonyl (C=O) groups is 1. The van der Waals surface area contributed by atoms with Crippen LogP contribution in [0.5, 0.6) is 11.5 Å². The van der Waals surface area contributed by atoms with Crippen molar-refractivity contribution in [3.63, 3.8) is 0 Å². The molecule has 1 atom stereocenters. The maximum Gasteiger partial charge on any atom is 0.317 e. The Morgan fingerprint density at radius 3 is 2.62 bits per heavy atom. The number of ether oxygens (including phenoxy) is 2. The van der Waals surface area contributed by atoms with Crippen molar-refractivity contribution < 1.29 is 14.3 Å². The van der Waals surface area contributed by atoms with Gasteiger partial charge in [-0.15, -0.1) is 0 Å². The molecule has 0 saturated heterocycles. The minimum atomic E-state index is -0.139. The van der Waals surface area contributed by atoms with E-state index in [9.17, 15) is 4.79 Å². The summed E-state index contributed by atoms with van der Waals surface area (Å²) in [5, 5.41) is 2.84. The number of nitrogens with zero attached hydrogens (tertiary/aromatic N) is 1. The van der Waals surface area contributed by atoms with E-state index in [1.54, 1.807) is 19.1 Å². The van der Waals surface area contributed by atoms with Crippen molar-refractivity contribution in [2.75, 3.05) is 33.9 Å². The minimum Gasteiger partial charge on any atom is -0.493 e. The van der Waals surface area contributed by atoms with Crippen LogP contribution in [0.2, 0.25) is 0 Å². The van der Waals surface area contributed by atoms with Crippen molar-refractivity contribution >= 4 is 6.03 Å². The molecule has 0 unspecified atom stereocenters. The number of nitrogens with two attached hydrogens (primary N) is 1. The molecule has 21 heavy (non-hydrogen) atoms. The molecule has 0 aromatic heterocycles. The first-order valence-electron chi connectivity index (χ1n) is 7.15. The summed E-state index contributed by atoms with van der Waals surface area (Å²) in [5.74, 6) is 1.37. The highest BCUT2D eigenvalue weighted by Gasteiger charge is 2.30. The third-order valence-electron chi connectivity index (χ3n) is 3.81. The Morgan fingerprint density at radius 1 is 1.38 bits per heavy atom. The molecule has 1 heterocycles. The monoisotopic (exact) mass is 293 g/mol. The lowest BCUT2D eigenvalue weighted by Crippen LogP contribution is -2.47. The van der Waals surface area contributed by atoms with Crippen LogP contribution in [0.25, 0.3) is 0 Å². The van der Waals surface area contributed by atoms with Gasteiger partial charge in [0, 0.05) is 19.6 Å². The summed E-state index contributed by atoms with van der Waals surface area (Å²) in [6, 6.07) is 3.69. The predicted octanol–water partition coefficient (Wildman–Crippen LogP) is 1.29. The fourth-order valence-electron chi connectivity index (χ4n) is 2.78. The lowest BCUT2D eigenvalue weighted by molar-refractivity contribution is 0.171. The standard InChI is InChI=1S/C15H23N3O3/c1-4-17-15(19)18-6-5-10-7-13(20-2)14(21-3)8-11(10)12(18)9-16/h7-8,12H,4-6,9,16H2,1-3H3,(H,17,19)/t12-/m1/s1. The van der Waals surface area contributed by atoms with Crippen LogP contribution in [-0.2, 0) is 6.42 Å². The first-order valence-corrected chi connectivity index (χ1v) is 7.15. The van der Waals surface area contributed by atoms with Crippen molar-refractivity contribution in [1.82, 2.24) is 10.2 Å². The van der Waals surface area contributed by atoms with Crippen molar-refractivity contribution in [2.24, 2.45) is 5.73 Å². The van der Waals surface area contributed by atoms with Gasteiger partial charge < -0.3 is 25.4 Å². The highest BCUT2D eigenvalue weighted by Crippen LogP contribution is 2.37. The summed E-state index contributed by atoms with van der Waals surface area (Å²) >= 11 is 0. The van der Waals surface area contributed by atoms with Crippen LogP contribution >= 0.6 is 0 Å². The van der Waals surface area contributed by atoms with Crippen molar-refractivity contribution in [1.29, 1.82) is 0 Å². The number of fused-ring (bicyclic) bond motifs is 1. The van der Waals surface area contributed by atoms with Crippen molar-refractivity contribution in [3.8, 4) is 11.5 Å². The molecule has 1 aromatic carbocycles. The minimum absolute atomic E-state index is 0.0756. The number of benzene rings is 1. The number of nitrogens with one attached hydrogen (secondary N) is 1. The third kappa shape index (κ3) is 2.90. The summed E-state index contributed by atoms with van der Waals surface area (Å²) in [5.41, 5.74) is 8.10. The van der Waals surface area contributed by atoms with E-state index >= 15 is 0 Å². The highest BCUT2D eigenvalue weighted by molar-refractivity contribution is 5.75. The zero-order chi connectivity index (χ0) is 15.4. The Morgan fingerprint density at radius 2 is 2.05 bits per heavy atom. The summed E-state index contributed by atoms with van der Waals surface area (Å²) in [7, 11) is 3.22. The molecule has 1 aliphatic rings. The van der Waals surface area contributed by atoms with E-state index in [0.717, 1.165) is 17.5 Å². The molecule has 3 N–H and O–H groups in total. The van der Waals surface area contributed by atoms with Gasteiger partial charge in [0.05, 0.1) is 20.3 Å². The largest absolute Gasteiger partial charge is 0.493 e. The van der Waals surface area contributed by atoms with E-state index in [1.807, 2.05) is 19.1 Å². The molecule has 1 aromatic rings. The molecule has 116 valence electrons. The number of carbonyl (C=O) groups excluding carboxylic acids is 1. The van der Waals surface area contributed by atoms with E-state index in [4.69, 9.17) is 15.2 Å². The van der Waals surface area contributed by atoms with Crippen molar-refractivity contribution in [2.45, 2.75) is 19.4 Å². The number of rotatable bonds is 4. The Labute approximate surface area is 125 Å². The third-order valence-corrected chi connectivity index (χ3v) is 3.81. The normalized spacial score (nSPS) is 17.1. The fraction of sp³-hybridized carbons (Fsp3) is 0.533. The Hall–Kier alpha value is -1.95. The fourth-order valence-corrected chi connectivity index (χ4v) is 2.78. The number of urea groups is 1. The van der Waals surface area contributed by atoms with E-state index in [2.05, 4.69) is 5.32 Å². The second-order valence-corrected chi connectivity index (χ2v) is 4.94. The molecule has 2 rings (SSSR count). The zero-order valence-corrected chi connectivity index (χ0v) is 12.8. The van der Waals surface area contributed by atoms with E-state index in [0.29, 0.717) is 31.1 Å². The van der Waals surface area contributed by atoms with E-state index < -0.39 is 0 Å². The SMILES string of the molecule is CCNC(=O)N1CCc2cc(OC)c(OC)cc2[C@H]1CN. The molecule has 0 radical (unpaired) electrons. The number of methoxy groups -OCH3 is 2. The summed E-state index contributed by atoms with van der Waals surface area (Å²) < 4.78 is 10.7. The highest BCUT2D eigenvalue weighted by atomic mass is 16.5. The van der Waals surface area contributed by atoms with Crippen LogP contribution in [0.15, 0.2) is 12.1 Å². The molecule has 6 heteroatoms. The molecule has 6 nitrogen and oxygen atoms in total. The van der Waals surface area contributed by atoms with Gasteiger partial charge in [-0.05, 0) is 36.6 Å². The van der Waals surface area contributed by atoms with Crippen LogP contribution in [-0.4, -0.2) is 44.8 Å². The molecular weight excluding hydrogens is 270 g/mol. The maximum atomic E-state index is 12.2. The van der Waals surface area contributed by atoms with Crippen LogP contribution in [0, 0.1) is 0 Å². The van der Waals surface area contributed by atoms with Crippen LogP contribution < -0.4 is 20.5 Å². The Kier molecular flexibility index (Phi) is 4.90. The maximum absolute atomic E-state index is 12.2.